The van der Waals surface area contributed by atoms with Gasteiger partial charge in [0.15, 0.2) is 0 Å². The molecule has 0 bridgehead atoms. The summed E-state index contributed by atoms with van der Waals surface area (Å²) in [6, 6.07) is 2.12. The number of rotatable bonds is 1. The molecule has 0 aliphatic heterocycles. The van der Waals surface area contributed by atoms with Crippen LogP contribution in [0.5, 0.6) is 5.75 Å². The molecule has 0 aliphatic rings. The highest BCUT2D eigenvalue weighted by Gasteiger charge is 2.33. The Morgan fingerprint density at radius 3 is 2.06 bits per heavy atom. The molecule has 0 unspecified atom stereocenters. The van der Waals surface area contributed by atoms with Gasteiger partial charge in [0.05, 0.1) is 5.56 Å². The van der Waals surface area contributed by atoms with E-state index in [1.165, 1.54) is 0 Å². The zero-order chi connectivity index (χ0) is 13.4. The molecule has 104 valence electrons. The number of benzene rings is 1. The van der Waals surface area contributed by atoms with E-state index in [0.717, 1.165) is 18.2 Å². The molecule has 0 amide bonds. The molecule has 1 aromatic carbocycles. The number of nitrogens with two attached hydrogens (primary N) is 1. The number of aromatic hydroxyl groups is 1. The predicted octanol–water partition coefficient (Wildman–Crippen LogP) is 3.88. The van der Waals surface area contributed by atoms with Crippen LogP contribution in [0.25, 0.3) is 0 Å². The third kappa shape index (κ3) is 3.78. The maximum Gasteiger partial charge on any atom is 0.416 e. The van der Waals surface area contributed by atoms with Crippen LogP contribution in [-0.2, 0) is 6.18 Å². The van der Waals surface area contributed by atoms with Crippen molar-refractivity contribution in [3.63, 3.8) is 0 Å². The van der Waals surface area contributed by atoms with Crippen LogP contribution in [0.4, 0.5) is 13.2 Å². The summed E-state index contributed by atoms with van der Waals surface area (Å²) >= 11 is 0. The minimum atomic E-state index is -4.43. The van der Waals surface area contributed by atoms with Gasteiger partial charge in [0.25, 0.3) is 0 Å². The predicted molar refractivity (Wildman–Crippen MR) is 66.7 cm³/mol. The molecule has 0 aromatic heterocycles. The second-order valence-corrected chi connectivity index (χ2v) is 5.12. The van der Waals surface area contributed by atoms with Gasteiger partial charge in [-0.3, -0.25) is 0 Å². The normalized spacial score (nSPS) is 13.9. The Labute approximate surface area is 110 Å². The van der Waals surface area contributed by atoms with Gasteiger partial charge < -0.3 is 10.8 Å². The topological polar surface area (TPSA) is 46.2 Å². The molecular weight excluding hydrogens is 267 g/mol. The number of phenolic OH excluding ortho intramolecular Hbond substituents is 1. The fourth-order valence-electron chi connectivity index (χ4n) is 1.45. The molecule has 0 spiro atoms. The van der Waals surface area contributed by atoms with Gasteiger partial charge >= 0.3 is 6.18 Å². The summed E-state index contributed by atoms with van der Waals surface area (Å²) < 4.78 is 37.6. The molecular formula is C12H17ClF3NO. The number of alkyl halides is 3. The van der Waals surface area contributed by atoms with Crippen LogP contribution in [0.15, 0.2) is 18.2 Å². The molecule has 0 aliphatic carbocycles. The fourth-order valence-corrected chi connectivity index (χ4v) is 1.45. The first-order valence-electron chi connectivity index (χ1n) is 5.19. The van der Waals surface area contributed by atoms with E-state index in [1.54, 1.807) is 20.8 Å². The van der Waals surface area contributed by atoms with Crippen molar-refractivity contribution in [1.29, 1.82) is 0 Å². The Morgan fingerprint density at radius 2 is 1.67 bits per heavy atom. The van der Waals surface area contributed by atoms with Crippen molar-refractivity contribution in [2.45, 2.75) is 33.0 Å². The quantitative estimate of drug-likeness (QED) is 0.821. The maximum atomic E-state index is 12.5. The molecule has 1 rings (SSSR count). The fraction of sp³-hybridized carbons (Fsp3) is 0.500. The Kier molecular flexibility index (Phi) is 5.08. The lowest BCUT2D eigenvalue weighted by Gasteiger charge is -2.28. The van der Waals surface area contributed by atoms with Crippen LogP contribution in [0.2, 0.25) is 0 Å². The summed E-state index contributed by atoms with van der Waals surface area (Å²) in [5.41, 5.74) is 4.75. The van der Waals surface area contributed by atoms with E-state index in [4.69, 9.17) is 5.73 Å². The standard InChI is InChI=1S/C12H16F3NO.ClH/c1-11(2,3)10(16)8-6-7(12(13,14)15)4-5-9(8)17;/h4-6,10,17H,16H2,1-3H3;1H/t10-;/m1./s1. The van der Waals surface area contributed by atoms with E-state index in [-0.39, 0.29) is 23.7 Å². The Bertz CT molecular complexity index is 413. The molecule has 0 fully saturated rings. The first-order valence-corrected chi connectivity index (χ1v) is 5.19. The zero-order valence-electron chi connectivity index (χ0n) is 10.4. The van der Waals surface area contributed by atoms with Crippen molar-refractivity contribution in [1.82, 2.24) is 0 Å². The van der Waals surface area contributed by atoms with E-state index >= 15 is 0 Å². The summed E-state index contributed by atoms with van der Waals surface area (Å²) in [6.07, 6.45) is -4.43. The smallest absolute Gasteiger partial charge is 0.416 e. The van der Waals surface area contributed by atoms with Crippen molar-refractivity contribution in [3.8, 4) is 5.75 Å². The highest BCUT2D eigenvalue weighted by atomic mass is 35.5. The van der Waals surface area contributed by atoms with Crippen LogP contribution in [0.1, 0.15) is 37.9 Å². The average molecular weight is 284 g/mol. The molecule has 3 N–H and O–H groups in total. The minimum Gasteiger partial charge on any atom is -0.508 e. The van der Waals surface area contributed by atoms with E-state index in [0.29, 0.717) is 0 Å². The zero-order valence-corrected chi connectivity index (χ0v) is 11.2. The summed E-state index contributed by atoms with van der Waals surface area (Å²) in [4.78, 5) is 0. The van der Waals surface area contributed by atoms with Crippen molar-refractivity contribution in [3.05, 3.63) is 29.3 Å². The molecule has 0 radical (unpaired) electrons. The Morgan fingerprint density at radius 1 is 1.17 bits per heavy atom. The van der Waals surface area contributed by atoms with Crippen LogP contribution < -0.4 is 5.73 Å². The molecule has 0 saturated heterocycles. The van der Waals surface area contributed by atoms with Gasteiger partial charge in [0.2, 0.25) is 0 Å². The van der Waals surface area contributed by atoms with Crippen molar-refractivity contribution in [2.75, 3.05) is 0 Å². The molecule has 0 saturated carbocycles. The molecule has 1 aromatic rings. The summed E-state index contributed by atoms with van der Waals surface area (Å²) in [6.45, 7) is 5.41. The van der Waals surface area contributed by atoms with Crippen molar-refractivity contribution >= 4 is 12.4 Å². The van der Waals surface area contributed by atoms with Gasteiger partial charge in [0, 0.05) is 11.6 Å². The average Bonchev–Trinajstić information content (AvgIpc) is 2.14. The van der Waals surface area contributed by atoms with Gasteiger partial charge in [-0.2, -0.15) is 13.2 Å². The summed E-state index contributed by atoms with van der Waals surface area (Å²) in [5.74, 6) is -0.208. The summed E-state index contributed by atoms with van der Waals surface area (Å²) in [5, 5.41) is 9.59. The van der Waals surface area contributed by atoms with Gasteiger partial charge in [0.1, 0.15) is 5.75 Å². The highest BCUT2D eigenvalue weighted by molar-refractivity contribution is 5.85. The van der Waals surface area contributed by atoms with Gasteiger partial charge in [-0.1, -0.05) is 20.8 Å². The van der Waals surface area contributed by atoms with Crippen LogP contribution in [0, 0.1) is 5.41 Å². The lowest BCUT2D eigenvalue weighted by atomic mass is 9.82. The van der Waals surface area contributed by atoms with Gasteiger partial charge in [-0.05, 0) is 23.6 Å². The SMILES string of the molecule is CC(C)(C)[C@H](N)c1cc(C(F)(F)F)ccc1O.Cl. The maximum absolute atomic E-state index is 12.5. The molecule has 18 heavy (non-hydrogen) atoms. The largest absolute Gasteiger partial charge is 0.508 e. The van der Waals surface area contributed by atoms with E-state index in [9.17, 15) is 18.3 Å². The third-order valence-corrected chi connectivity index (χ3v) is 2.62. The monoisotopic (exact) mass is 283 g/mol. The van der Waals surface area contributed by atoms with Crippen LogP contribution in [-0.4, -0.2) is 5.11 Å². The lowest BCUT2D eigenvalue weighted by Crippen LogP contribution is -2.26. The van der Waals surface area contributed by atoms with Crippen molar-refractivity contribution < 1.29 is 18.3 Å². The van der Waals surface area contributed by atoms with E-state index in [1.807, 2.05) is 0 Å². The lowest BCUT2D eigenvalue weighted by molar-refractivity contribution is -0.137. The van der Waals surface area contributed by atoms with Crippen LogP contribution in [0.3, 0.4) is 0 Å². The Balaban J connectivity index is 0.00000289. The molecule has 1 atom stereocenters. The van der Waals surface area contributed by atoms with Crippen molar-refractivity contribution in [2.24, 2.45) is 11.1 Å². The van der Waals surface area contributed by atoms with Gasteiger partial charge in [-0.15, -0.1) is 12.4 Å². The highest BCUT2D eigenvalue weighted by Crippen LogP contribution is 2.38. The van der Waals surface area contributed by atoms with Gasteiger partial charge in [-0.25, -0.2) is 0 Å². The summed E-state index contributed by atoms with van der Waals surface area (Å²) in [7, 11) is 0. The molecule has 2 nitrogen and oxygen atoms in total. The number of halogens is 4. The number of phenols is 1. The second kappa shape index (κ2) is 5.36. The van der Waals surface area contributed by atoms with E-state index < -0.39 is 23.2 Å². The van der Waals surface area contributed by atoms with Crippen LogP contribution >= 0.6 is 12.4 Å². The molecule has 6 heteroatoms. The number of hydrogen-bond donors (Lipinski definition) is 2. The third-order valence-electron chi connectivity index (χ3n) is 2.62. The Hall–Kier alpha value is -0.940. The first-order chi connectivity index (χ1) is 7.53. The molecule has 0 heterocycles. The minimum absolute atomic E-state index is 0. The second-order valence-electron chi connectivity index (χ2n) is 5.12. The first kappa shape index (κ1) is 17.1. The number of hydrogen-bond acceptors (Lipinski definition) is 2. The van der Waals surface area contributed by atoms with E-state index in [2.05, 4.69) is 0 Å².